The lowest BCUT2D eigenvalue weighted by molar-refractivity contribution is -0.143. The quantitative estimate of drug-likeness (QED) is 0.0510. The molecule has 0 radical (unpaired) electrons. The first-order valence-corrected chi connectivity index (χ1v) is 26.5. The maximum atomic E-state index is 13.4. The molecule has 0 saturated carbocycles. The zero-order valence-electron chi connectivity index (χ0n) is 45.9. The number of aliphatic hydroxyl groups excluding tert-OH is 1. The molecular formula is C62H76N4O10. The minimum atomic E-state index is -1.01. The van der Waals surface area contributed by atoms with Gasteiger partial charge in [0, 0.05) is 74.9 Å². The smallest absolute Gasteiger partial charge is 0.335 e. The number of carboxylic acid groups (broad SMARTS) is 4. The second kappa shape index (κ2) is 22.4. The van der Waals surface area contributed by atoms with Gasteiger partial charge in [0.15, 0.2) is 5.78 Å². The van der Waals surface area contributed by atoms with Gasteiger partial charge in [0.2, 0.25) is 0 Å². The van der Waals surface area contributed by atoms with Crippen LogP contribution in [-0.2, 0) is 31.2 Å². The summed E-state index contributed by atoms with van der Waals surface area (Å²) in [5.74, 6) is 2.24. The molecule has 5 N–H and O–H groups in total. The van der Waals surface area contributed by atoms with Gasteiger partial charge in [-0.2, -0.15) is 0 Å². The van der Waals surface area contributed by atoms with E-state index >= 15 is 0 Å². The molecule has 3 unspecified atom stereocenters. The Morgan fingerprint density at radius 1 is 0.526 bits per heavy atom. The van der Waals surface area contributed by atoms with Gasteiger partial charge in [-0.25, -0.2) is 9.59 Å². The fourth-order valence-electron chi connectivity index (χ4n) is 11.3. The molecule has 2 fully saturated rings. The molecule has 14 nitrogen and oxygen atoms in total. The van der Waals surface area contributed by atoms with Crippen LogP contribution in [-0.4, -0.2) is 129 Å². The van der Waals surface area contributed by atoms with E-state index in [9.17, 15) is 39.3 Å². The number of ketones is 1. The number of aromatic carboxylic acids is 2. The van der Waals surface area contributed by atoms with E-state index in [2.05, 4.69) is 95.2 Å². The number of allylic oxidation sites excluding steroid dienone is 1. The van der Waals surface area contributed by atoms with Crippen molar-refractivity contribution in [2.45, 2.75) is 135 Å². The van der Waals surface area contributed by atoms with Crippen LogP contribution in [0.2, 0.25) is 0 Å². The number of rotatable bonds is 12. The maximum absolute atomic E-state index is 13.4. The SMILES string of the molecule is CC(C(=O)O)N1CCN(c2cc(C(=O)/C=C/c3ccc(C(=O)O)cc3)cc3c2C(C)(C)CCC3(C)C)CC1.CC(C(=O)O)N1CCN(c2cc(C(O)C#Cc3ccc(C(=O)O)cc3)cc3c2C(C)(C)CCC3(C)C)CC1. The fourth-order valence-corrected chi connectivity index (χ4v) is 11.3. The summed E-state index contributed by atoms with van der Waals surface area (Å²) in [6.07, 6.45) is 6.44. The van der Waals surface area contributed by atoms with Crippen molar-refractivity contribution in [3.63, 3.8) is 0 Å². The summed E-state index contributed by atoms with van der Waals surface area (Å²) in [5.41, 5.74) is 10.1. The predicted molar refractivity (Wildman–Crippen MR) is 297 cm³/mol. The zero-order chi connectivity index (χ0) is 55.7. The number of aliphatic hydroxyl groups is 1. The van der Waals surface area contributed by atoms with Gasteiger partial charge in [-0.1, -0.05) is 91.5 Å². The number of fused-ring (bicyclic) bond motifs is 2. The molecule has 4 aliphatic rings. The summed E-state index contributed by atoms with van der Waals surface area (Å²) in [4.78, 5) is 67.3. The summed E-state index contributed by atoms with van der Waals surface area (Å²) in [6, 6.07) is 19.9. The minimum absolute atomic E-state index is 0.0350. The highest BCUT2D eigenvalue weighted by Gasteiger charge is 2.43. The fraction of sp³-hybridized carbons (Fsp3) is 0.468. The summed E-state index contributed by atoms with van der Waals surface area (Å²) in [5, 5.41) is 48.3. The summed E-state index contributed by atoms with van der Waals surface area (Å²) in [6.45, 7) is 27.0. The van der Waals surface area contributed by atoms with Gasteiger partial charge in [0.1, 0.15) is 18.2 Å². The van der Waals surface area contributed by atoms with Crippen molar-refractivity contribution in [2.75, 3.05) is 62.2 Å². The standard InChI is InChI=1S/2C31H38N2O5/c2*1-20(28(35)36)32-14-16-33(17-15-32)25-19-23(18-24-27(25)31(4,5)13-12-30(24,2)3)26(34)11-8-21-6-9-22(10-7-21)29(37)38/h6-7,9-10,18-20,26,34H,12-17H2,1-5H3,(H,35,36)(H,37,38);6-11,18-20H,12-17H2,1-5H3,(H,35,36)(H,37,38)/b;11-8+. The molecule has 0 aromatic heterocycles. The lowest BCUT2D eigenvalue weighted by Crippen LogP contribution is -2.52. The number of aliphatic carboxylic acids is 2. The number of carboxylic acids is 4. The Kier molecular flexibility index (Phi) is 16.8. The monoisotopic (exact) mass is 1040 g/mol. The largest absolute Gasteiger partial charge is 0.480 e. The number of carbonyl (C=O) groups is 5. The van der Waals surface area contributed by atoms with E-state index in [1.807, 2.05) is 15.9 Å². The Hall–Kier alpha value is -6.79. The van der Waals surface area contributed by atoms with Gasteiger partial charge in [0.25, 0.3) is 0 Å². The third kappa shape index (κ3) is 12.6. The predicted octanol–water partition coefficient (Wildman–Crippen LogP) is 9.64. The van der Waals surface area contributed by atoms with Crippen LogP contribution >= 0.6 is 0 Å². The molecule has 4 aromatic carbocycles. The molecule has 404 valence electrons. The van der Waals surface area contributed by atoms with Gasteiger partial charge >= 0.3 is 23.9 Å². The van der Waals surface area contributed by atoms with E-state index in [1.54, 1.807) is 50.3 Å². The van der Waals surface area contributed by atoms with E-state index in [-0.39, 0.29) is 38.6 Å². The van der Waals surface area contributed by atoms with Gasteiger partial charge in [-0.05, 0) is 155 Å². The molecule has 76 heavy (non-hydrogen) atoms. The zero-order valence-corrected chi connectivity index (χ0v) is 45.9. The highest BCUT2D eigenvalue weighted by Crippen LogP contribution is 2.52. The molecule has 0 spiro atoms. The molecule has 2 saturated heterocycles. The molecule has 4 aromatic rings. The lowest BCUT2D eigenvalue weighted by Gasteiger charge is -2.46. The first-order chi connectivity index (χ1) is 35.6. The van der Waals surface area contributed by atoms with E-state index in [0.717, 1.165) is 48.2 Å². The number of benzene rings is 4. The van der Waals surface area contributed by atoms with E-state index < -0.39 is 42.1 Å². The van der Waals surface area contributed by atoms with Crippen LogP contribution in [0.25, 0.3) is 6.08 Å². The Morgan fingerprint density at radius 3 is 1.37 bits per heavy atom. The third-order valence-corrected chi connectivity index (χ3v) is 16.6. The Morgan fingerprint density at radius 2 is 0.934 bits per heavy atom. The molecule has 2 heterocycles. The van der Waals surface area contributed by atoms with Gasteiger partial charge in [0.05, 0.1) is 11.1 Å². The molecule has 14 heteroatoms. The van der Waals surface area contributed by atoms with Crippen molar-refractivity contribution < 1.29 is 49.5 Å². The highest BCUT2D eigenvalue weighted by molar-refractivity contribution is 6.08. The maximum Gasteiger partial charge on any atom is 0.335 e. The first-order valence-electron chi connectivity index (χ1n) is 26.5. The normalized spacial score (nSPS) is 19.8. The average molecular weight is 1040 g/mol. The molecule has 0 bridgehead atoms. The van der Waals surface area contributed by atoms with Crippen LogP contribution < -0.4 is 9.80 Å². The van der Waals surface area contributed by atoms with E-state index in [1.165, 1.54) is 46.5 Å². The number of hydrogen-bond donors (Lipinski definition) is 5. The Balaban J connectivity index is 0.000000221. The molecule has 8 rings (SSSR count). The summed E-state index contributed by atoms with van der Waals surface area (Å²) >= 11 is 0. The van der Waals surface area contributed by atoms with Crippen LogP contribution in [0.4, 0.5) is 11.4 Å². The summed E-state index contributed by atoms with van der Waals surface area (Å²) in [7, 11) is 0. The Labute approximate surface area is 448 Å². The topological polar surface area (TPSA) is 199 Å². The molecular weight excluding hydrogens is 961 g/mol. The van der Waals surface area contributed by atoms with Crippen molar-refractivity contribution in [2.24, 2.45) is 0 Å². The molecule has 2 aliphatic heterocycles. The lowest BCUT2D eigenvalue weighted by atomic mass is 9.62. The van der Waals surface area contributed by atoms with Gasteiger partial charge in [-0.15, -0.1) is 0 Å². The minimum Gasteiger partial charge on any atom is -0.480 e. The van der Waals surface area contributed by atoms with Crippen molar-refractivity contribution in [3.8, 4) is 11.8 Å². The van der Waals surface area contributed by atoms with Crippen molar-refractivity contribution >= 4 is 47.1 Å². The second-order valence-corrected chi connectivity index (χ2v) is 23.7. The van der Waals surface area contributed by atoms with Gasteiger partial charge in [-0.3, -0.25) is 24.2 Å². The number of anilines is 2. The van der Waals surface area contributed by atoms with Crippen LogP contribution in [0, 0.1) is 11.8 Å². The molecule has 0 amide bonds. The number of hydrogen-bond acceptors (Lipinski definition) is 10. The van der Waals surface area contributed by atoms with Crippen LogP contribution in [0.5, 0.6) is 0 Å². The van der Waals surface area contributed by atoms with Crippen LogP contribution in [0.3, 0.4) is 0 Å². The number of piperazine rings is 2. The third-order valence-electron chi connectivity index (χ3n) is 16.6. The first kappa shape index (κ1) is 56.9. The van der Waals surface area contributed by atoms with Crippen molar-refractivity contribution in [3.05, 3.63) is 135 Å². The van der Waals surface area contributed by atoms with Crippen LogP contribution in [0.15, 0.2) is 78.9 Å². The van der Waals surface area contributed by atoms with Crippen molar-refractivity contribution in [1.82, 2.24) is 9.80 Å². The summed E-state index contributed by atoms with van der Waals surface area (Å²) < 4.78 is 0. The Bertz CT molecular complexity index is 2950. The van der Waals surface area contributed by atoms with E-state index in [0.29, 0.717) is 63.5 Å². The van der Waals surface area contributed by atoms with Gasteiger partial charge < -0.3 is 35.3 Å². The van der Waals surface area contributed by atoms with E-state index in [4.69, 9.17) is 10.2 Å². The number of carbonyl (C=O) groups excluding carboxylic acids is 1. The van der Waals surface area contributed by atoms with Crippen LogP contribution in [0.1, 0.15) is 171 Å². The number of nitrogens with zero attached hydrogens (tertiary/aromatic N) is 4. The van der Waals surface area contributed by atoms with Crippen molar-refractivity contribution in [1.29, 1.82) is 0 Å². The molecule has 3 atom stereocenters. The molecule has 2 aliphatic carbocycles. The average Bonchev–Trinajstić information content (AvgIpc) is 3.40. The highest BCUT2D eigenvalue weighted by atomic mass is 16.4. The second-order valence-electron chi connectivity index (χ2n) is 23.7.